The molecular formula is C19H21N3O2. The number of aromatic nitrogens is 2. The normalized spacial score (nSPS) is 21.6. The Balaban J connectivity index is 1.62. The molecule has 1 spiro atoms. The van der Waals surface area contributed by atoms with Gasteiger partial charge in [0.2, 0.25) is 0 Å². The topological polar surface area (TPSA) is 64.1 Å². The maximum Gasteiger partial charge on any atom is 0.271 e. The monoisotopic (exact) mass is 323 g/mol. The number of ether oxygens (including phenoxy) is 1. The fraction of sp³-hybridized carbons (Fsp3) is 0.421. The number of carbonyl (C=O) groups is 1. The molecule has 0 saturated heterocycles. The molecule has 4 rings (SSSR count). The van der Waals surface area contributed by atoms with Gasteiger partial charge in [0.15, 0.2) is 0 Å². The predicted octanol–water partition coefficient (Wildman–Crippen LogP) is 3.43. The zero-order valence-electron chi connectivity index (χ0n) is 13.6. The summed E-state index contributed by atoms with van der Waals surface area (Å²) < 4.78 is 6.40. The number of carbonyl (C=O) groups excluding carboxylic acids is 1. The molecule has 0 bridgehead atoms. The summed E-state index contributed by atoms with van der Waals surface area (Å²) in [6.45, 7) is 0. The SMILES string of the molecule is O=C(NC1CC2(CCCCC2)Oc2ccccc21)c1cnccn1. The molecule has 1 atom stereocenters. The Bertz CT molecular complexity index is 726. The van der Waals surface area contributed by atoms with Gasteiger partial charge in [-0.25, -0.2) is 4.98 Å². The molecule has 1 N–H and O–H groups in total. The van der Waals surface area contributed by atoms with Crippen molar-refractivity contribution >= 4 is 5.91 Å². The van der Waals surface area contributed by atoms with Crippen molar-refractivity contribution in [2.45, 2.75) is 50.2 Å². The van der Waals surface area contributed by atoms with Gasteiger partial charge < -0.3 is 10.1 Å². The lowest BCUT2D eigenvalue weighted by molar-refractivity contribution is -0.00212. The van der Waals surface area contributed by atoms with Crippen LogP contribution in [0.4, 0.5) is 0 Å². The van der Waals surface area contributed by atoms with Crippen LogP contribution in [0.3, 0.4) is 0 Å². The summed E-state index contributed by atoms with van der Waals surface area (Å²) in [6.07, 6.45) is 11.2. The highest BCUT2D eigenvalue weighted by molar-refractivity contribution is 5.92. The Morgan fingerprint density at radius 2 is 2.00 bits per heavy atom. The molecule has 2 aliphatic rings. The van der Waals surface area contributed by atoms with Crippen LogP contribution in [0.2, 0.25) is 0 Å². The predicted molar refractivity (Wildman–Crippen MR) is 89.7 cm³/mol. The molecule has 5 nitrogen and oxygen atoms in total. The van der Waals surface area contributed by atoms with Crippen molar-refractivity contribution in [3.8, 4) is 5.75 Å². The van der Waals surface area contributed by atoms with Crippen LogP contribution in [-0.4, -0.2) is 21.5 Å². The second-order valence-corrected chi connectivity index (χ2v) is 6.70. The highest BCUT2D eigenvalue weighted by Gasteiger charge is 2.42. The first-order valence-corrected chi connectivity index (χ1v) is 8.61. The van der Waals surface area contributed by atoms with Crippen molar-refractivity contribution in [2.75, 3.05) is 0 Å². The Hall–Kier alpha value is -2.43. The number of fused-ring (bicyclic) bond motifs is 1. The number of nitrogens with one attached hydrogen (secondary N) is 1. The van der Waals surface area contributed by atoms with Crippen LogP contribution in [-0.2, 0) is 0 Å². The van der Waals surface area contributed by atoms with Gasteiger partial charge in [0, 0.05) is 24.4 Å². The van der Waals surface area contributed by atoms with Crippen LogP contribution in [0, 0.1) is 0 Å². The maximum atomic E-state index is 12.5. The lowest BCUT2D eigenvalue weighted by Gasteiger charge is -2.44. The summed E-state index contributed by atoms with van der Waals surface area (Å²) in [5, 5.41) is 3.14. The van der Waals surface area contributed by atoms with Gasteiger partial charge in [0.05, 0.1) is 12.2 Å². The minimum absolute atomic E-state index is 0.0532. The summed E-state index contributed by atoms with van der Waals surface area (Å²) in [6, 6.07) is 7.96. The molecular weight excluding hydrogens is 302 g/mol. The Kier molecular flexibility index (Phi) is 3.92. The van der Waals surface area contributed by atoms with Crippen LogP contribution in [0.25, 0.3) is 0 Å². The van der Waals surface area contributed by atoms with Gasteiger partial charge in [-0.2, -0.15) is 0 Å². The third-order valence-corrected chi connectivity index (χ3v) is 5.06. The van der Waals surface area contributed by atoms with E-state index in [9.17, 15) is 4.79 Å². The quantitative estimate of drug-likeness (QED) is 0.919. The van der Waals surface area contributed by atoms with E-state index in [-0.39, 0.29) is 17.6 Å². The van der Waals surface area contributed by atoms with Gasteiger partial charge in [0.25, 0.3) is 5.91 Å². The second-order valence-electron chi connectivity index (χ2n) is 6.70. The van der Waals surface area contributed by atoms with Crippen LogP contribution in [0.15, 0.2) is 42.9 Å². The molecule has 2 aromatic rings. The molecule has 1 aromatic heterocycles. The third kappa shape index (κ3) is 2.86. The molecule has 124 valence electrons. The molecule has 2 heterocycles. The van der Waals surface area contributed by atoms with Crippen molar-refractivity contribution in [1.82, 2.24) is 15.3 Å². The van der Waals surface area contributed by atoms with E-state index in [4.69, 9.17) is 4.74 Å². The third-order valence-electron chi connectivity index (χ3n) is 5.06. The van der Waals surface area contributed by atoms with E-state index in [0.717, 1.165) is 30.6 Å². The van der Waals surface area contributed by atoms with Gasteiger partial charge >= 0.3 is 0 Å². The zero-order chi connectivity index (χ0) is 16.4. The van der Waals surface area contributed by atoms with Crippen molar-refractivity contribution < 1.29 is 9.53 Å². The average Bonchev–Trinajstić information content (AvgIpc) is 2.63. The Labute approximate surface area is 141 Å². The highest BCUT2D eigenvalue weighted by Crippen LogP contribution is 2.46. The minimum atomic E-state index is -0.184. The average molecular weight is 323 g/mol. The van der Waals surface area contributed by atoms with Crippen LogP contribution >= 0.6 is 0 Å². The first-order valence-electron chi connectivity index (χ1n) is 8.61. The van der Waals surface area contributed by atoms with Gasteiger partial charge in [0.1, 0.15) is 17.0 Å². The van der Waals surface area contributed by atoms with E-state index in [1.165, 1.54) is 31.7 Å². The zero-order valence-corrected chi connectivity index (χ0v) is 13.6. The molecule has 1 amide bonds. The molecule has 0 radical (unpaired) electrons. The number of rotatable bonds is 2. The Morgan fingerprint density at radius 3 is 2.79 bits per heavy atom. The lowest BCUT2D eigenvalue weighted by Crippen LogP contribution is -2.46. The van der Waals surface area contributed by atoms with Crippen LogP contribution in [0.5, 0.6) is 5.75 Å². The van der Waals surface area contributed by atoms with E-state index in [1.54, 1.807) is 6.20 Å². The van der Waals surface area contributed by atoms with Crippen LogP contribution < -0.4 is 10.1 Å². The number of nitrogens with zero attached hydrogens (tertiary/aromatic N) is 2. The standard InChI is InChI=1S/C19H21N3O2/c23-18(16-13-20-10-11-21-16)22-15-12-19(8-4-1-5-9-19)24-17-7-3-2-6-14(15)17/h2-3,6-7,10-11,13,15H,1,4-5,8-9,12H2,(H,22,23). The largest absolute Gasteiger partial charge is 0.487 e. The summed E-state index contributed by atoms with van der Waals surface area (Å²) in [5.74, 6) is 0.714. The van der Waals surface area contributed by atoms with E-state index >= 15 is 0 Å². The number of amides is 1. The molecule has 1 aliphatic carbocycles. The summed E-state index contributed by atoms with van der Waals surface area (Å²) in [5.41, 5.74) is 1.25. The van der Waals surface area contributed by atoms with Gasteiger partial charge in [-0.15, -0.1) is 0 Å². The van der Waals surface area contributed by atoms with Gasteiger partial charge in [-0.3, -0.25) is 9.78 Å². The van der Waals surface area contributed by atoms with E-state index < -0.39 is 0 Å². The fourth-order valence-electron chi connectivity index (χ4n) is 3.90. The molecule has 5 heteroatoms. The van der Waals surface area contributed by atoms with Crippen molar-refractivity contribution in [1.29, 1.82) is 0 Å². The number of para-hydroxylation sites is 1. The molecule has 1 fully saturated rings. The fourth-order valence-corrected chi connectivity index (χ4v) is 3.90. The number of hydrogen-bond acceptors (Lipinski definition) is 4. The summed E-state index contributed by atoms with van der Waals surface area (Å²) in [4.78, 5) is 20.6. The number of hydrogen-bond donors (Lipinski definition) is 1. The van der Waals surface area contributed by atoms with E-state index in [0.29, 0.717) is 5.69 Å². The lowest BCUT2D eigenvalue weighted by atomic mass is 9.77. The summed E-state index contributed by atoms with van der Waals surface area (Å²) in [7, 11) is 0. The maximum absolute atomic E-state index is 12.5. The van der Waals surface area contributed by atoms with Gasteiger partial charge in [-0.1, -0.05) is 24.6 Å². The molecule has 24 heavy (non-hydrogen) atoms. The highest BCUT2D eigenvalue weighted by atomic mass is 16.5. The van der Waals surface area contributed by atoms with E-state index in [1.807, 2.05) is 24.3 Å². The Morgan fingerprint density at radius 1 is 1.17 bits per heavy atom. The minimum Gasteiger partial charge on any atom is -0.487 e. The number of benzene rings is 1. The second kappa shape index (κ2) is 6.23. The smallest absolute Gasteiger partial charge is 0.271 e. The first kappa shape index (κ1) is 15.1. The summed E-state index contributed by atoms with van der Waals surface area (Å²) >= 11 is 0. The van der Waals surface area contributed by atoms with Crippen LogP contribution in [0.1, 0.15) is 60.6 Å². The van der Waals surface area contributed by atoms with E-state index in [2.05, 4.69) is 15.3 Å². The molecule has 1 aliphatic heterocycles. The van der Waals surface area contributed by atoms with Crippen molar-refractivity contribution in [3.05, 3.63) is 54.1 Å². The van der Waals surface area contributed by atoms with Crippen molar-refractivity contribution in [3.63, 3.8) is 0 Å². The first-order chi connectivity index (χ1) is 11.8. The van der Waals surface area contributed by atoms with Crippen molar-refractivity contribution in [2.24, 2.45) is 0 Å². The molecule has 1 aromatic carbocycles. The van der Waals surface area contributed by atoms with Gasteiger partial charge in [-0.05, 0) is 31.7 Å². The molecule has 1 saturated carbocycles. The molecule has 1 unspecified atom stereocenters.